The van der Waals surface area contributed by atoms with Crippen LogP contribution in [0.4, 0.5) is 13.2 Å². The number of ether oxygens (including phenoxy) is 1. The maximum atomic E-state index is 12.7. The van der Waals surface area contributed by atoms with Gasteiger partial charge in [-0.15, -0.1) is 46.7 Å². The van der Waals surface area contributed by atoms with Crippen molar-refractivity contribution in [2.24, 2.45) is 4.99 Å². The van der Waals surface area contributed by atoms with Crippen molar-refractivity contribution in [3.8, 4) is 0 Å². The van der Waals surface area contributed by atoms with Gasteiger partial charge in [0.15, 0.2) is 11.7 Å². The molecule has 0 spiro atoms. The quantitative estimate of drug-likeness (QED) is 0.218. The van der Waals surface area contributed by atoms with Gasteiger partial charge in [-0.05, 0) is 27.7 Å². The number of aliphatic imine (C=N–C) groups is 1. The van der Waals surface area contributed by atoms with Crippen LogP contribution < -0.4 is 10.6 Å². The first kappa shape index (κ1) is 26.6. The molecule has 7 nitrogen and oxygen atoms in total. The number of carbonyl (C=O) groups is 1. The van der Waals surface area contributed by atoms with Crippen molar-refractivity contribution in [3.05, 3.63) is 31.7 Å². The lowest BCUT2D eigenvalue weighted by Gasteiger charge is -2.15. The summed E-state index contributed by atoms with van der Waals surface area (Å²) < 4.78 is 43.0. The number of carbonyl (C=O) groups excluding carboxylic acids is 1. The molecule has 2 heterocycles. The number of alkyl halides is 3. The molecule has 1 unspecified atom stereocenters. The Morgan fingerprint density at radius 3 is 2.60 bits per heavy atom. The summed E-state index contributed by atoms with van der Waals surface area (Å²) in [6.07, 6.45) is -4.46. The molecule has 0 amide bonds. The van der Waals surface area contributed by atoms with Crippen molar-refractivity contribution in [1.29, 1.82) is 0 Å². The van der Waals surface area contributed by atoms with Crippen LogP contribution >= 0.6 is 46.7 Å². The van der Waals surface area contributed by atoms with Crippen molar-refractivity contribution in [3.63, 3.8) is 0 Å². The average molecular weight is 577 g/mol. The van der Waals surface area contributed by atoms with Gasteiger partial charge < -0.3 is 15.4 Å². The van der Waals surface area contributed by atoms with Crippen LogP contribution in [0, 0.1) is 6.92 Å². The number of aromatic nitrogens is 2. The van der Waals surface area contributed by atoms with E-state index in [0.29, 0.717) is 28.1 Å². The number of hydrogen-bond donors (Lipinski definition) is 2. The van der Waals surface area contributed by atoms with Gasteiger partial charge in [-0.2, -0.15) is 13.2 Å². The molecule has 0 fully saturated rings. The zero-order valence-electron chi connectivity index (χ0n) is 16.8. The van der Waals surface area contributed by atoms with Gasteiger partial charge >= 0.3 is 12.1 Å². The fourth-order valence-electron chi connectivity index (χ4n) is 2.24. The summed E-state index contributed by atoms with van der Waals surface area (Å²) in [4.78, 5) is 24.7. The number of rotatable bonds is 7. The Labute approximate surface area is 197 Å². The molecule has 0 bridgehead atoms. The van der Waals surface area contributed by atoms with Gasteiger partial charge in [0.1, 0.15) is 14.9 Å². The first-order valence-electron chi connectivity index (χ1n) is 8.86. The van der Waals surface area contributed by atoms with E-state index in [9.17, 15) is 18.0 Å². The predicted octanol–water partition coefficient (Wildman–Crippen LogP) is 4.54. The van der Waals surface area contributed by atoms with E-state index in [0.717, 1.165) is 16.7 Å². The first-order chi connectivity index (χ1) is 13.7. The Hall–Kier alpha value is -1.48. The number of hydrogen-bond acceptors (Lipinski definition) is 7. The fourth-order valence-corrected chi connectivity index (χ4v) is 3.92. The Bertz CT molecular complexity index is 870. The molecule has 0 aliphatic heterocycles. The molecular formula is C17H23F3IN5O2S2. The van der Waals surface area contributed by atoms with Crippen molar-refractivity contribution in [2.75, 3.05) is 13.2 Å². The van der Waals surface area contributed by atoms with Gasteiger partial charge in [0.05, 0.1) is 24.9 Å². The molecule has 2 aromatic heterocycles. The molecule has 0 aromatic carbocycles. The summed E-state index contributed by atoms with van der Waals surface area (Å²) in [7, 11) is 0. The molecule has 0 aliphatic rings. The number of thiazole rings is 2. The van der Waals surface area contributed by atoms with E-state index in [1.165, 1.54) is 11.3 Å². The van der Waals surface area contributed by atoms with Crippen molar-refractivity contribution in [1.82, 2.24) is 20.6 Å². The van der Waals surface area contributed by atoms with Crippen LogP contribution in [0.2, 0.25) is 0 Å². The molecule has 0 radical (unpaired) electrons. The van der Waals surface area contributed by atoms with E-state index in [2.05, 4.69) is 25.6 Å². The third-order valence-electron chi connectivity index (χ3n) is 3.56. The maximum Gasteiger partial charge on any atom is 0.434 e. The minimum atomic E-state index is -4.46. The highest BCUT2D eigenvalue weighted by molar-refractivity contribution is 14.0. The van der Waals surface area contributed by atoms with Gasteiger partial charge in [-0.3, -0.25) is 0 Å². The molecule has 2 N–H and O–H groups in total. The van der Waals surface area contributed by atoms with Crippen LogP contribution in [0.15, 0.2) is 10.4 Å². The third-order valence-corrected chi connectivity index (χ3v) is 5.71. The van der Waals surface area contributed by atoms with Gasteiger partial charge in [0.2, 0.25) is 0 Å². The normalized spacial score (nSPS) is 12.8. The summed E-state index contributed by atoms with van der Waals surface area (Å²) in [5.74, 6) is 0.0000545. The molecule has 2 rings (SSSR count). The molecular weight excluding hydrogens is 554 g/mol. The van der Waals surface area contributed by atoms with Crippen molar-refractivity contribution >= 4 is 58.6 Å². The monoisotopic (exact) mass is 577 g/mol. The fraction of sp³-hybridized carbons (Fsp3) is 0.529. The Morgan fingerprint density at radius 2 is 2.03 bits per heavy atom. The SMILES string of the molecule is CCNC(=NCc1nc(C(F)(F)F)cs1)NC(C)c1nc(C)c(C(=O)OCC)s1.I. The predicted molar refractivity (Wildman–Crippen MR) is 122 cm³/mol. The summed E-state index contributed by atoms with van der Waals surface area (Å²) in [5, 5.41) is 8.08. The largest absolute Gasteiger partial charge is 0.462 e. The summed E-state index contributed by atoms with van der Waals surface area (Å²) >= 11 is 2.14. The number of nitrogens with zero attached hydrogens (tertiary/aromatic N) is 3. The molecule has 0 saturated carbocycles. The highest BCUT2D eigenvalue weighted by atomic mass is 127. The molecule has 30 heavy (non-hydrogen) atoms. The Balaban J connectivity index is 0.00000450. The van der Waals surface area contributed by atoms with Crippen LogP contribution in [-0.4, -0.2) is 35.0 Å². The standard InChI is InChI=1S/C17H22F3N5O2S2.HI/c1-5-21-16(22-7-12-25-11(8-28-12)17(18,19)20)24-10(4)14-23-9(3)13(29-14)15(26)27-6-2;/h8,10H,5-7H2,1-4H3,(H2,21,22,24);1H. The lowest BCUT2D eigenvalue weighted by molar-refractivity contribution is -0.140. The van der Waals surface area contributed by atoms with Crippen LogP contribution in [-0.2, 0) is 17.5 Å². The van der Waals surface area contributed by atoms with Gasteiger partial charge in [-0.1, -0.05) is 0 Å². The minimum absolute atomic E-state index is 0. The molecule has 13 heteroatoms. The van der Waals surface area contributed by atoms with Crippen LogP contribution in [0.25, 0.3) is 0 Å². The van der Waals surface area contributed by atoms with Crippen LogP contribution in [0.1, 0.15) is 57.9 Å². The summed E-state index contributed by atoms with van der Waals surface area (Å²) in [5.41, 5.74) is -0.328. The topological polar surface area (TPSA) is 88.5 Å². The van der Waals surface area contributed by atoms with Gasteiger partial charge in [-0.25, -0.2) is 19.8 Å². The van der Waals surface area contributed by atoms with Gasteiger partial charge in [0.25, 0.3) is 0 Å². The highest BCUT2D eigenvalue weighted by Gasteiger charge is 2.33. The van der Waals surface area contributed by atoms with E-state index in [1.807, 2.05) is 13.8 Å². The maximum absolute atomic E-state index is 12.7. The second-order valence-corrected chi connectivity index (χ2v) is 7.85. The first-order valence-corrected chi connectivity index (χ1v) is 10.6. The number of guanidine groups is 1. The molecule has 168 valence electrons. The smallest absolute Gasteiger partial charge is 0.434 e. The number of esters is 1. The van der Waals surface area contributed by atoms with Crippen LogP contribution in [0.3, 0.4) is 0 Å². The van der Waals surface area contributed by atoms with E-state index < -0.39 is 17.8 Å². The van der Waals surface area contributed by atoms with E-state index in [-0.39, 0.29) is 48.2 Å². The lowest BCUT2D eigenvalue weighted by atomic mass is 10.3. The second kappa shape index (κ2) is 11.8. The van der Waals surface area contributed by atoms with Crippen molar-refractivity contribution < 1.29 is 22.7 Å². The van der Waals surface area contributed by atoms with E-state index in [4.69, 9.17) is 4.74 Å². The minimum Gasteiger partial charge on any atom is -0.462 e. The zero-order valence-corrected chi connectivity index (χ0v) is 20.8. The number of halogens is 4. The Morgan fingerprint density at radius 1 is 1.33 bits per heavy atom. The van der Waals surface area contributed by atoms with Gasteiger partial charge in [0, 0.05) is 11.9 Å². The highest BCUT2D eigenvalue weighted by Crippen LogP contribution is 2.30. The average Bonchev–Trinajstić information content (AvgIpc) is 3.26. The molecule has 0 saturated heterocycles. The second-order valence-electron chi connectivity index (χ2n) is 5.87. The summed E-state index contributed by atoms with van der Waals surface area (Å²) in [6.45, 7) is 8.05. The molecule has 0 aliphatic carbocycles. The third kappa shape index (κ3) is 7.34. The Kier molecular flexibility index (Phi) is 10.4. The van der Waals surface area contributed by atoms with E-state index in [1.54, 1.807) is 13.8 Å². The lowest BCUT2D eigenvalue weighted by Crippen LogP contribution is -2.38. The molecule has 1 atom stereocenters. The zero-order chi connectivity index (χ0) is 21.6. The summed E-state index contributed by atoms with van der Waals surface area (Å²) in [6, 6.07) is -0.276. The molecule has 2 aromatic rings. The van der Waals surface area contributed by atoms with E-state index >= 15 is 0 Å². The van der Waals surface area contributed by atoms with Crippen LogP contribution in [0.5, 0.6) is 0 Å². The number of nitrogens with one attached hydrogen (secondary N) is 2. The number of aryl methyl sites for hydroxylation is 1. The van der Waals surface area contributed by atoms with Crippen molar-refractivity contribution in [2.45, 2.75) is 46.5 Å².